The van der Waals surface area contributed by atoms with Crippen molar-refractivity contribution in [1.82, 2.24) is 0 Å². The fraction of sp³-hybridized carbons (Fsp3) is 0.278. The van der Waals surface area contributed by atoms with Crippen molar-refractivity contribution in [1.29, 1.82) is 0 Å². The Morgan fingerprint density at radius 2 is 1.91 bits per heavy atom. The van der Waals surface area contributed by atoms with E-state index in [1.54, 1.807) is 11.8 Å². The van der Waals surface area contributed by atoms with Gasteiger partial charge in [-0.3, -0.25) is 9.69 Å². The maximum absolute atomic E-state index is 12.3. The number of aryl methyl sites for hydroxylation is 2. The maximum Gasteiger partial charge on any atom is 0.239 e. The zero-order chi connectivity index (χ0) is 15.7. The molecule has 1 amide bonds. The van der Waals surface area contributed by atoms with Crippen LogP contribution in [-0.4, -0.2) is 24.2 Å². The van der Waals surface area contributed by atoms with E-state index in [4.69, 9.17) is 0 Å². The molecule has 1 saturated heterocycles. The molecule has 1 radical (unpaired) electrons. The first-order chi connectivity index (χ1) is 10.6. The molecule has 1 aliphatic rings. The van der Waals surface area contributed by atoms with E-state index < -0.39 is 0 Å². The van der Waals surface area contributed by atoms with Crippen molar-refractivity contribution in [2.45, 2.75) is 19.3 Å². The van der Waals surface area contributed by atoms with Gasteiger partial charge < -0.3 is 4.90 Å². The molecule has 1 heterocycles. The maximum atomic E-state index is 12.3. The summed E-state index contributed by atoms with van der Waals surface area (Å²) in [5, 5.41) is 0. The molecule has 3 nitrogen and oxygen atoms in total. The molecule has 0 bridgehead atoms. The molecule has 1 fully saturated rings. The van der Waals surface area contributed by atoms with Gasteiger partial charge in [0.25, 0.3) is 0 Å². The second-order valence-corrected chi connectivity index (χ2v) is 6.64. The Kier molecular flexibility index (Phi) is 4.12. The summed E-state index contributed by atoms with van der Waals surface area (Å²) in [4.78, 5) is 16.3. The van der Waals surface area contributed by atoms with Crippen LogP contribution in [-0.2, 0) is 4.79 Å². The number of amides is 1. The Morgan fingerprint density at radius 1 is 1.18 bits per heavy atom. The molecule has 2 aromatic carbocycles. The molecule has 113 valence electrons. The number of hydrogen-bond acceptors (Lipinski definition) is 3. The number of anilines is 2. The minimum absolute atomic E-state index is 0.0340. The van der Waals surface area contributed by atoms with Crippen molar-refractivity contribution in [3.63, 3.8) is 0 Å². The van der Waals surface area contributed by atoms with E-state index in [1.165, 1.54) is 5.56 Å². The first-order valence-electron chi connectivity index (χ1n) is 7.28. The number of hydrogen-bond donors (Lipinski definition) is 0. The SMILES string of the molecule is Cc1ccc(N(C)C2SCC(=O)N2c2[c]ccc(C)c2)cc1. The van der Waals surface area contributed by atoms with Crippen LogP contribution in [0.25, 0.3) is 0 Å². The molecule has 0 spiro atoms. The van der Waals surface area contributed by atoms with Crippen LogP contribution in [0.1, 0.15) is 11.1 Å². The summed E-state index contributed by atoms with van der Waals surface area (Å²) < 4.78 is 0. The van der Waals surface area contributed by atoms with Crippen LogP contribution >= 0.6 is 11.8 Å². The monoisotopic (exact) mass is 311 g/mol. The number of nitrogens with zero attached hydrogens (tertiary/aromatic N) is 2. The molecule has 2 aromatic rings. The number of thioether (sulfide) groups is 1. The average Bonchev–Trinajstić information content (AvgIpc) is 2.89. The summed E-state index contributed by atoms with van der Waals surface area (Å²) in [6, 6.07) is 17.5. The normalized spacial score (nSPS) is 17.9. The lowest BCUT2D eigenvalue weighted by Gasteiger charge is -2.33. The van der Waals surface area contributed by atoms with Gasteiger partial charge in [0.15, 0.2) is 5.50 Å². The van der Waals surface area contributed by atoms with E-state index >= 15 is 0 Å². The zero-order valence-electron chi connectivity index (χ0n) is 13.0. The Morgan fingerprint density at radius 3 is 2.59 bits per heavy atom. The number of carbonyl (C=O) groups is 1. The second-order valence-electron chi connectivity index (χ2n) is 5.60. The van der Waals surface area contributed by atoms with Gasteiger partial charge in [0.1, 0.15) is 0 Å². The second kappa shape index (κ2) is 6.05. The molecule has 0 aromatic heterocycles. The molecule has 0 aliphatic carbocycles. The molecule has 4 heteroatoms. The first kappa shape index (κ1) is 15.0. The van der Waals surface area contributed by atoms with Crippen LogP contribution in [0.15, 0.2) is 42.5 Å². The van der Waals surface area contributed by atoms with Crippen molar-refractivity contribution in [3.05, 3.63) is 59.7 Å². The van der Waals surface area contributed by atoms with Crippen LogP contribution in [0.3, 0.4) is 0 Å². The fourth-order valence-electron chi connectivity index (χ4n) is 2.56. The molecule has 0 N–H and O–H groups in total. The van der Waals surface area contributed by atoms with Gasteiger partial charge in [-0.05, 0) is 37.6 Å². The van der Waals surface area contributed by atoms with Crippen molar-refractivity contribution in [2.75, 3.05) is 22.6 Å². The lowest BCUT2D eigenvalue weighted by atomic mass is 10.2. The standard InChI is InChI=1S/C18H19N2OS/c1-13-7-9-15(10-8-13)19(3)18-20(17(21)12-22-18)16-6-4-5-14(2)11-16/h4-5,7-11,18H,12H2,1-3H3. The lowest BCUT2D eigenvalue weighted by Crippen LogP contribution is -2.43. The topological polar surface area (TPSA) is 23.6 Å². The van der Waals surface area contributed by atoms with Crippen LogP contribution in [0.2, 0.25) is 0 Å². The van der Waals surface area contributed by atoms with Crippen molar-refractivity contribution >= 4 is 29.0 Å². The van der Waals surface area contributed by atoms with Gasteiger partial charge in [0, 0.05) is 18.8 Å². The Balaban J connectivity index is 1.91. The first-order valence-corrected chi connectivity index (χ1v) is 8.32. The van der Waals surface area contributed by atoms with E-state index in [-0.39, 0.29) is 11.4 Å². The zero-order valence-corrected chi connectivity index (χ0v) is 13.9. The third-order valence-electron chi connectivity index (χ3n) is 3.82. The largest absolute Gasteiger partial charge is 0.345 e. The minimum Gasteiger partial charge on any atom is -0.345 e. The van der Waals surface area contributed by atoms with Gasteiger partial charge in [0.2, 0.25) is 5.91 Å². The average molecular weight is 311 g/mol. The Hall–Kier alpha value is -1.94. The summed E-state index contributed by atoms with van der Waals surface area (Å²) >= 11 is 1.65. The highest BCUT2D eigenvalue weighted by Gasteiger charge is 2.35. The van der Waals surface area contributed by atoms with E-state index in [0.717, 1.165) is 16.9 Å². The van der Waals surface area contributed by atoms with Gasteiger partial charge in [-0.25, -0.2) is 0 Å². The summed E-state index contributed by atoms with van der Waals surface area (Å²) in [5.74, 6) is 0.638. The number of rotatable bonds is 3. The molecular formula is C18H19N2OS. The molecule has 1 aliphatic heterocycles. The predicted octanol–water partition coefficient (Wildman–Crippen LogP) is 3.60. The highest BCUT2D eigenvalue weighted by atomic mass is 32.2. The van der Waals surface area contributed by atoms with Gasteiger partial charge in [-0.1, -0.05) is 29.8 Å². The van der Waals surface area contributed by atoms with Crippen LogP contribution in [0.4, 0.5) is 11.4 Å². The molecule has 1 unspecified atom stereocenters. The lowest BCUT2D eigenvalue weighted by molar-refractivity contribution is -0.115. The van der Waals surface area contributed by atoms with E-state index in [0.29, 0.717) is 5.75 Å². The third-order valence-corrected chi connectivity index (χ3v) is 5.06. The van der Waals surface area contributed by atoms with Crippen LogP contribution in [0.5, 0.6) is 0 Å². The molecule has 1 atom stereocenters. The molecule has 22 heavy (non-hydrogen) atoms. The molecular weight excluding hydrogens is 292 g/mol. The summed E-state index contributed by atoms with van der Waals surface area (Å²) in [5.41, 5.74) is 4.29. The van der Waals surface area contributed by atoms with Crippen molar-refractivity contribution < 1.29 is 4.79 Å². The summed E-state index contributed by atoms with van der Waals surface area (Å²) in [6.45, 7) is 4.11. The van der Waals surface area contributed by atoms with Crippen LogP contribution in [0, 0.1) is 19.9 Å². The van der Waals surface area contributed by atoms with Gasteiger partial charge >= 0.3 is 0 Å². The third kappa shape index (κ3) is 2.83. The summed E-state index contributed by atoms with van der Waals surface area (Å²) in [7, 11) is 2.03. The minimum atomic E-state index is -0.0340. The van der Waals surface area contributed by atoms with E-state index in [1.807, 2.05) is 37.1 Å². The van der Waals surface area contributed by atoms with Crippen molar-refractivity contribution in [2.24, 2.45) is 0 Å². The van der Waals surface area contributed by atoms with E-state index in [9.17, 15) is 4.79 Å². The number of carbonyl (C=O) groups excluding carboxylic acids is 1. The molecule has 0 saturated carbocycles. The predicted molar refractivity (Wildman–Crippen MR) is 93.3 cm³/mol. The van der Waals surface area contributed by atoms with Gasteiger partial charge in [-0.15, -0.1) is 11.8 Å². The quantitative estimate of drug-likeness (QED) is 0.865. The van der Waals surface area contributed by atoms with Crippen LogP contribution < -0.4 is 9.80 Å². The fourth-order valence-corrected chi connectivity index (χ4v) is 3.72. The van der Waals surface area contributed by atoms with E-state index in [2.05, 4.69) is 42.2 Å². The highest BCUT2D eigenvalue weighted by Crippen LogP contribution is 2.34. The number of benzene rings is 2. The van der Waals surface area contributed by atoms with Gasteiger partial charge in [-0.2, -0.15) is 0 Å². The Bertz CT molecular complexity index is 684. The highest BCUT2D eigenvalue weighted by molar-refractivity contribution is 8.01. The molecule has 3 rings (SSSR count). The van der Waals surface area contributed by atoms with Crippen molar-refractivity contribution in [3.8, 4) is 0 Å². The summed E-state index contributed by atoms with van der Waals surface area (Å²) in [6.07, 6.45) is 0. The Labute approximate surface area is 135 Å². The van der Waals surface area contributed by atoms with Gasteiger partial charge in [0.05, 0.1) is 11.4 Å². The smallest absolute Gasteiger partial charge is 0.239 e.